The highest BCUT2D eigenvalue weighted by molar-refractivity contribution is 7.86. The van der Waals surface area contributed by atoms with Gasteiger partial charge in [0.1, 0.15) is 4.90 Å². The van der Waals surface area contributed by atoms with E-state index in [2.05, 4.69) is 10.5 Å². The van der Waals surface area contributed by atoms with Gasteiger partial charge in [-0.25, -0.2) is 0 Å². The van der Waals surface area contributed by atoms with Gasteiger partial charge in [-0.2, -0.15) is 13.5 Å². The maximum Gasteiger partial charge on any atom is 0.296 e. The minimum Gasteiger partial charge on any atom is -0.282 e. The van der Waals surface area contributed by atoms with Gasteiger partial charge in [0.2, 0.25) is 0 Å². The predicted molar refractivity (Wildman–Crippen MR) is 63.8 cm³/mol. The van der Waals surface area contributed by atoms with Crippen LogP contribution in [0, 0.1) is 6.92 Å². The third-order valence-electron chi connectivity index (χ3n) is 1.87. The van der Waals surface area contributed by atoms with Crippen molar-refractivity contribution in [1.82, 2.24) is 0 Å². The molecular formula is C9H11ClN2O3S. The summed E-state index contributed by atoms with van der Waals surface area (Å²) in [6, 6.07) is 2.68. The summed E-state index contributed by atoms with van der Waals surface area (Å²) in [4.78, 5) is -0.308. The molecule has 88 valence electrons. The molecule has 0 aliphatic carbocycles. The summed E-state index contributed by atoms with van der Waals surface area (Å²) in [5, 5.41) is 3.74. The standard InChI is InChI=1S/C9H11ClN2O3S/c1-3-11-12-8-5-7(10)9(4-6(8)2)16(13,14)15/h3-5,12H,1-2H3,(H,13,14,15). The monoisotopic (exact) mass is 262 g/mol. The fourth-order valence-corrected chi connectivity index (χ4v) is 2.19. The van der Waals surface area contributed by atoms with E-state index in [1.165, 1.54) is 12.1 Å². The van der Waals surface area contributed by atoms with Crippen molar-refractivity contribution in [3.05, 3.63) is 22.7 Å². The lowest BCUT2D eigenvalue weighted by atomic mass is 10.2. The summed E-state index contributed by atoms with van der Waals surface area (Å²) < 4.78 is 30.8. The normalized spacial score (nSPS) is 12.0. The van der Waals surface area contributed by atoms with Crippen LogP contribution >= 0.6 is 11.6 Å². The molecule has 1 rings (SSSR count). The van der Waals surface area contributed by atoms with Crippen molar-refractivity contribution < 1.29 is 13.0 Å². The molecule has 7 heteroatoms. The first-order chi connectivity index (χ1) is 7.36. The van der Waals surface area contributed by atoms with Crippen molar-refractivity contribution in [2.45, 2.75) is 18.7 Å². The Labute approximate surface area is 98.9 Å². The van der Waals surface area contributed by atoms with Gasteiger partial charge in [0.15, 0.2) is 0 Å². The van der Waals surface area contributed by atoms with Crippen LogP contribution in [0.15, 0.2) is 22.1 Å². The molecule has 2 N–H and O–H groups in total. The lowest BCUT2D eigenvalue weighted by Gasteiger charge is -2.08. The van der Waals surface area contributed by atoms with E-state index in [9.17, 15) is 8.42 Å². The predicted octanol–water partition coefficient (Wildman–Crippen LogP) is 2.31. The van der Waals surface area contributed by atoms with Gasteiger partial charge >= 0.3 is 0 Å². The summed E-state index contributed by atoms with van der Waals surface area (Å²) in [5.74, 6) is 0. The molecule has 0 saturated carbocycles. The minimum atomic E-state index is -4.29. The highest BCUT2D eigenvalue weighted by Gasteiger charge is 2.16. The van der Waals surface area contributed by atoms with Gasteiger partial charge in [0, 0.05) is 6.21 Å². The molecule has 0 amide bonds. The average molecular weight is 263 g/mol. The molecule has 0 fully saturated rings. The van der Waals surface area contributed by atoms with E-state index in [0.29, 0.717) is 11.3 Å². The molecule has 5 nitrogen and oxygen atoms in total. The van der Waals surface area contributed by atoms with E-state index in [1.807, 2.05) is 0 Å². The van der Waals surface area contributed by atoms with Crippen molar-refractivity contribution >= 4 is 33.6 Å². The number of nitrogens with one attached hydrogen (secondary N) is 1. The van der Waals surface area contributed by atoms with Crippen LogP contribution in [0.25, 0.3) is 0 Å². The van der Waals surface area contributed by atoms with E-state index in [0.717, 1.165) is 0 Å². The molecule has 0 aliphatic rings. The summed E-state index contributed by atoms with van der Waals surface area (Å²) in [6.45, 7) is 3.41. The van der Waals surface area contributed by atoms with Crippen molar-refractivity contribution in [2.75, 3.05) is 5.43 Å². The van der Waals surface area contributed by atoms with E-state index in [4.69, 9.17) is 16.2 Å². The van der Waals surface area contributed by atoms with Crippen LogP contribution in [-0.4, -0.2) is 19.2 Å². The smallest absolute Gasteiger partial charge is 0.282 e. The summed E-state index contributed by atoms with van der Waals surface area (Å²) in [6.07, 6.45) is 1.55. The molecule has 0 bridgehead atoms. The lowest BCUT2D eigenvalue weighted by Crippen LogP contribution is -2.01. The van der Waals surface area contributed by atoms with Crippen LogP contribution in [0.1, 0.15) is 12.5 Å². The fraction of sp³-hybridized carbons (Fsp3) is 0.222. The molecule has 0 spiro atoms. The highest BCUT2D eigenvalue weighted by atomic mass is 35.5. The Hall–Kier alpha value is -1.11. The number of hydrazone groups is 1. The fourth-order valence-electron chi connectivity index (χ4n) is 1.11. The number of hydrogen-bond acceptors (Lipinski definition) is 4. The summed E-state index contributed by atoms with van der Waals surface area (Å²) in [5.41, 5.74) is 3.88. The van der Waals surface area contributed by atoms with Crippen LogP contribution in [-0.2, 0) is 10.1 Å². The van der Waals surface area contributed by atoms with Gasteiger partial charge < -0.3 is 0 Å². The number of aryl methyl sites for hydroxylation is 1. The number of halogens is 1. The van der Waals surface area contributed by atoms with Gasteiger partial charge in [0.05, 0.1) is 10.7 Å². The Morgan fingerprint density at radius 1 is 1.50 bits per heavy atom. The third kappa shape index (κ3) is 2.94. The van der Waals surface area contributed by atoms with E-state index in [1.54, 1.807) is 20.1 Å². The summed E-state index contributed by atoms with van der Waals surface area (Å²) >= 11 is 5.73. The quantitative estimate of drug-likeness (QED) is 0.498. The molecule has 0 aliphatic heterocycles. The molecule has 16 heavy (non-hydrogen) atoms. The maximum absolute atomic E-state index is 11.0. The largest absolute Gasteiger partial charge is 0.296 e. The van der Waals surface area contributed by atoms with Crippen LogP contribution in [0.5, 0.6) is 0 Å². The number of anilines is 1. The third-order valence-corrected chi connectivity index (χ3v) is 3.19. The van der Waals surface area contributed by atoms with Gasteiger partial charge in [-0.1, -0.05) is 11.6 Å². The Balaban J connectivity index is 3.27. The Morgan fingerprint density at radius 3 is 2.62 bits per heavy atom. The lowest BCUT2D eigenvalue weighted by molar-refractivity contribution is 0.483. The Morgan fingerprint density at radius 2 is 2.12 bits per heavy atom. The Kier molecular flexibility index (Phi) is 3.90. The zero-order chi connectivity index (χ0) is 12.3. The number of nitrogens with zero attached hydrogens (tertiary/aromatic N) is 1. The minimum absolute atomic E-state index is 0.0538. The highest BCUT2D eigenvalue weighted by Crippen LogP contribution is 2.28. The number of hydrogen-bond donors (Lipinski definition) is 2. The molecule has 0 heterocycles. The van der Waals surface area contributed by atoms with Crippen LogP contribution in [0.2, 0.25) is 5.02 Å². The molecule has 0 atom stereocenters. The second-order valence-electron chi connectivity index (χ2n) is 3.07. The van der Waals surface area contributed by atoms with Crippen molar-refractivity contribution in [3.8, 4) is 0 Å². The van der Waals surface area contributed by atoms with Crippen LogP contribution < -0.4 is 5.43 Å². The van der Waals surface area contributed by atoms with Crippen LogP contribution in [0.4, 0.5) is 5.69 Å². The van der Waals surface area contributed by atoms with E-state index >= 15 is 0 Å². The molecule has 0 unspecified atom stereocenters. The van der Waals surface area contributed by atoms with Crippen molar-refractivity contribution in [1.29, 1.82) is 0 Å². The first-order valence-electron chi connectivity index (χ1n) is 4.37. The molecule has 0 aromatic heterocycles. The topological polar surface area (TPSA) is 78.8 Å². The second kappa shape index (κ2) is 4.82. The number of benzene rings is 1. The van der Waals surface area contributed by atoms with Crippen molar-refractivity contribution in [2.24, 2.45) is 5.10 Å². The zero-order valence-electron chi connectivity index (χ0n) is 8.73. The Bertz CT molecular complexity index is 526. The first-order valence-corrected chi connectivity index (χ1v) is 6.19. The van der Waals surface area contributed by atoms with Gasteiger partial charge in [-0.05, 0) is 31.5 Å². The zero-order valence-corrected chi connectivity index (χ0v) is 10.3. The van der Waals surface area contributed by atoms with Crippen LogP contribution in [0.3, 0.4) is 0 Å². The number of rotatable bonds is 3. The molecule has 1 aromatic rings. The SMILES string of the molecule is CC=NNc1cc(Cl)c(S(=O)(=O)O)cc1C. The van der Waals surface area contributed by atoms with Gasteiger partial charge in [-0.15, -0.1) is 0 Å². The van der Waals surface area contributed by atoms with Crippen molar-refractivity contribution in [3.63, 3.8) is 0 Å². The summed E-state index contributed by atoms with van der Waals surface area (Å²) in [7, 11) is -4.29. The second-order valence-corrected chi connectivity index (χ2v) is 4.87. The molecule has 0 radical (unpaired) electrons. The molecular weight excluding hydrogens is 252 g/mol. The van der Waals surface area contributed by atoms with E-state index < -0.39 is 10.1 Å². The first kappa shape index (κ1) is 13.0. The maximum atomic E-state index is 11.0. The molecule has 0 saturated heterocycles. The van der Waals surface area contributed by atoms with Gasteiger partial charge in [-0.3, -0.25) is 9.98 Å². The molecule has 1 aromatic carbocycles. The van der Waals surface area contributed by atoms with E-state index in [-0.39, 0.29) is 9.92 Å². The average Bonchev–Trinajstić information content (AvgIpc) is 2.17. The van der Waals surface area contributed by atoms with Gasteiger partial charge in [0.25, 0.3) is 10.1 Å².